The Labute approximate surface area is 105 Å². The van der Waals surface area contributed by atoms with Crippen LogP contribution in [0.2, 0.25) is 10.3 Å². The van der Waals surface area contributed by atoms with E-state index in [1.807, 2.05) is 24.3 Å². The molecule has 0 radical (unpaired) electrons. The molecule has 0 aliphatic heterocycles. The number of nitrogens with zero attached hydrogens (tertiary/aromatic N) is 2. The summed E-state index contributed by atoms with van der Waals surface area (Å²) >= 11 is 15.2. The van der Waals surface area contributed by atoms with Gasteiger partial charge in [-0.1, -0.05) is 57.3 Å². The second-order valence-electron chi connectivity index (χ2n) is 2.85. The maximum Gasteiger partial charge on any atom is 0.159 e. The maximum absolute atomic E-state index is 5.95. The first-order chi connectivity index (χ1) is 7.18. The minimum absolute atomic E-state index is 0.324. The van der Waals surface area contributed by atoms with E-state index in [0.29, 0.717) is 10.3 Å². The lowest BCUT2D eigenvalue weighted by atomic mass is 10.1. The third-order valence-corrected chi connectivity index (χ3v) is 3.04. The fraction of sp³-hybridized carbons (Fsp3) is 0. The van der Waals surface area contributed by atoms with E-state index in [0.717, 1.165) is 15.6 Å². The molecule has 0 unspecified atom stereocenters. The molecule has 15 heavy (non-hydrogen) atoms. The lowest BCUT2D eigenvalue weighted by molar-refractivity contribution is 1.03. The molecule has 1 aromatic heterocycles. The second-order valence-corrected chi connectivity index (χ2v) is 4.45. The predicted molar refractivity (Wildman–Crippen MR) is 65.2 cm³/mol. The molecule has 2 aromatic rings. The van der Waals surface area contributed by atoms with Gasteiger partial charge in [0.1, 0.15) is 0 Å². The van der Waals surface area contributed by atoms with Gasteiger partial charge in [0, 0.05) is 10.0 Å². The molecule has 2 nitrogen and oxygen atoms in total. The van der Waals surface area contributed by atoms with E-state index < -0.39 is 0 Å². The lowest BCUT2D eigenvalue weighted by Gasteiger charge is -2.05. The topological polar surface area (TPSA) is 25.8 Å². The van der Waals surface area contributed by atoms with E-state index in [4.69, 9.17) is 23.2 Å². The summed E-state index contributed by atoms with van der Waals surface area (Å²) in [5.74, 6) is 0. The highest BCUT2D eigenvalue weighted by atomic mass is 79.9. The minimum atomic E-state index is 0.324. The van der Waals surface area contributed by atoms with Crippen LogP contribution in [0.15, 0.2) is 34.8 Å². The average molecular weight is 304 g/mol. The molecule has 1 aromatic carbocycles. The molecule has 0 saturated carbocycles. The number of benzene rings is 1. The summed E-state index contributed by atoms with van der Waals surface area (Å²) in [6.45, 7) is 0. The van der Waals surface area contributed by atoms with Crippen LogP contribution in [0, 0.1) is 0 Å². The van der Waals surface area contributed by atoms with Crippen LogP contribution in [0.1, 0.15) is 0 Å². The van der Waals surface area contributed by atoms with Crippen LogP contribution in [0.3, 0.4) is 0 Å². The van der Waals surface area contributed by atoms with Gasteiger partial charge in [0.25, 0.3) is 0 Å². The van der Waals surface area contributed by atoms with Crippen molar-refractivity contribution < 1.29 is 0 Å². The fourth-order valence-corrected chi connectivity index (χ4v) is 2.06. The van der Waals surface area contributed by atoms with Gasteiger partial charge in [0.05, 0.1) is 0 Å². The summed E-state index contributed by atoms with van der Waals surface area (Å²) in [6, 6.07) is 9.41. The van der Waals surface area contributed by atoms with Gasteiger partial charge < -0.3 is 0 Å². The van der Waals surface area contributed by atoms with E-state index in [1.54, 1.807) is 6.07 Å². The van der Waals surface area contributed by atoms with Crippen molar-refractivity contribution >= 4 is 39.1 Å². The molecule has 5 heteroatoms. The van der Waals surface area contributed by atoms with Crippen molar-refractivity contribution in [3.63, 3.8) is 0 Å². The molecule has 0 spiro atoms. The Kier molecular flexibility index (Phi) is 3.24. The summed E-state index contributed by atoms with van der Waals surface area (Å²) in [7, 11) is 0. The first kappa shape index (κ1) is 10.9. The lowest BCUT2D eigenvalue weighted by Crippen LogP contribution is -1.88. The zero-order valence-electron chi connectivity index (χ0n) is 7.42. The smallest absolute Gasteiger partial charge is 0.137 e. The molecule has 76 valence electrons. The van der Waals surface area contributed by atoms with Crippen LogP contribution in [-0.2, 0) is 0 Å². The Hall–Kier alpha value is -0.640. The number of aromatic nitrogens is 2. The molecule has 0 aliphatic rings. The van der Waals surface area contributed by atoms with Crippen molar-refractivity contribution in [1.29, 1.82) is 0 Å². The Morgan fingerprint density at radius 1 is 1.00 bits per heavy atom. The quantitative estimate of drug-likeness (QED) is 0.788. The van der Waals surface area contributed by atoms with Crippen molar-refractivity contribution in [3.8, 4) is 11.1 Å². The predicted octanol–water partition coefficient (Wildman–Crippen LogP) is 4.21. The summed E-state index contributed by atoms with van der Waals surface area (Å²) < 4.78 is 0.941. The Balaban J connectivity index is 2.64. The normalized spacial score (nSPS) is 10.3. The highest BCUT2D eigenvalue weighted by Crippen LogP contribution is 2.32. The van der Waals surface area contributed by atoms with Crippen molar-refractivity contribution in [2.75, 3.05) is 0 Å². The standard InChI is InChI=1S/C10H5BrCl2N2/c11-8-4-2-1-3-6(8)7-5-9(12)14-15-10(7)13/h1-5H. The van der Waals surface area contributed by atoms with Gasteiger partial charge in [-0.15, -0.1) is 10.2 Å². The Bertz CT molecular complexity index is 503. The van der Waals surface area contributed by atoms with Gasteiger partial charge in [-0.3, -0.25) is 0 Å². The van der Waals surface area contributed by atoms with Crippen molar-refractivity contribution in [3.05, 3.63) is 45.1 Å². The van der Waals surface area contributed by atoms with E-state index in [2.05, 4.69) is 26.1 Å². The number of hydrogen-bond acceptors (Lipinski definition) is 2. The van der Waals surface area contributed by atoms with Crippen LogP contribution in [0.4, 0.5) is 0 Å². The molecule has 0 saturated heterocycles. The second kappa shape index (κ2) is 4.47. The first-order valence-electron chi connectivity index (χ1n) is 4.12. The van der Waals surface area contributed by atoms with Gasteiger partial charge in [-0.2, -0.15) is 0 Å². The minimum Gasteiger partial charge on any atom is -0.137 e. The van der Waals surface area contributed by atoms with Crippen molar-refractivity contribution in [2.45, 2.75) is 0 Å². The molecule has 1 heterocycles. The molecule has 0 amide bonds. The van der Waals surface area contributed by atoms with E-state index in [-0.39, 0.29) is 0 Å². The van der Waals surface area contributed by atoms with Gasteiger partial charge >= 0.3 is 0 Å². The summed E-state index contributed by atoms with van der Waals surface area (Å²) in [4.78, 5) is 0. The monoisotopic (exact) mass is 302 g/mol. The van der Waals surface area contributed by atoms with Gasteiger partial charge in [-0.05, 0) is 17.7 Å². The summed E-state index contributed by atoms with van der Waals surface area (Å²) in [5.41, 5.74) is 1.71. The van der Waals surface area contributed by atoms with E-state index >= 15 is 0 Å². The number of halogens is 3. The van der Waals surface area contributed by atoms with Crippen LogP contribution in [0.5, 0.6) is 0 Å². The number of rotatable bonds is 1. The molecule has 0 atom stereocenters. The molecule has 0 bridgehead atoms. The highest BCUT2D eigenvalue weighted by Gasteiger charge is 2.09. The highest BCUT2D eigenvalue weighted by molar-refractivity contribution is 9.10. The SMILES string of the molecule is Clc1cc(-c2ccccc2Br)c(Cl)nn1. The third-order valence-electron chi connectivity index (χ3n) is 1.88. The fourth-order valence-electron chi connectivity index (χ4n) is 1.22. The van der Waals surface area contributed by atoms with Gasteiger partial charge in [-0.25, -0.2) is 0 Å². The molecule has 0 N–H and O–H groups in total. The van der Waals surface area contributed by atoms with Crippen molar-refractivity contribution in [1.82, 2.24) is 10.2 Å². The van der Waals surface area contributed by atoms with Crippen LogP contribution in [0.25, 0.3) is 11.1 Å². The van der Waals surface area contributed by atoms with E-state index in [9.17, 15) is 0 Å². The van der Waals surface area contributed by atoms with Crippen LogP contribution < -0.4 is 0 Å². The van der Waals surface area contributed by atoms with E-state index in [1.165, 1.54) is 0 Å². The Morgan fingerprint density at radius 3 is 2.47 bits per heavy atom. The molecular weight excluding hydrogens is 299 g/mol. The maximum atomic E-state index is 5.95. The zero-order valence-corrected chi connectivity index (χ0v) is 10.5. The average Bonchev–Trinajstić information content (AvgIpc) is 2.23. The number of hydrogen-bond donors (Lipinski definition) is 0. The molecule has 0 fully saturated rings. The third kappa shape index (κ3) is 2.30. The zero-order chi connectivity index (χ0) is 10.8. The first-order valence-corrected chi connectivity index (χ1v) is 5.67. The summed E-state index contributed by atoms with van der Waals surface area (Å²) in [5, 5.41) is 8.08. The van der Waals surface area contributed by atoms with Crippen LogP contribution in [-0.4, -0.2) is 10.2 Å². The molecule has 0 aliphatic carbocycles. The van der Waals surface area contributed by atoms with Gasteiger partial charge in [0.15, 0.2) is 10.3 Å². The largest absolute Gasteiger partial charge is 0.159 e. The van der Waals surface area contributed by atoms with Gasteiger partial charge in [0.2, 0.25) is 0 Å². The van der Waals surface area contributed by atoms with Crippen LogP contribution >= 0.6 is 39.1 Å². The summed E-state index contributed by atoms with van der Waals surface area (Å²) in [6.07, 6.45) is 0. The molecule has 2 rings (SSSR count). The Morgan fingerprint density at radius 2 is 1.73 bits per heavy atom. The van der Waals surface area contributed by atoms with Crippen molar-refractivity contribution in [2.24, 2.45) is 0 Å². The molecular formula is C10H5BrCl2N2.